The standard InChI is InChI=1S/C29H33N3O4/c1-22-28(21-35-25-8-2-7-24(18-25)32-13-16-33-17-14-32)36-27-10-3-9-26(29(22)27)34-15-5-12-31-20-23-6-4-11-30-19-23/h2-4,6-11,18-19,31H,5,12-17,20-21H2,1H3. The van der Waals surface area contributed by atoms with Crippen molar-refractivity contribution < 1.29 is 18.6 Å². The number of nitrogens with zero attached hydrogens (tertiary/aromatic N) is 2. The van der Waals surface area contributed by atoms with Crippen LogP contribution in [0, 0.1) is 6.92 Å². The van der Waals surface area contributed by atoms with Gasteiger partial charge < -0.3 is 28.8 Å². The molecule has 188 valence electrons. The van der Waals surface area contributed by atoms with E-state index in [2.05, 4.69) is 40.3 Å². The highest BCUT2D eigenvalue weighted by molar-refractivity contribution is 5.88. The smallest absolute Gasteiger partial charge is 0.146 e. The maximum atomic E-state index is 6.15. The number of hydrogen-bond acceptors (Lipinski definition) is 7. The number of rotatable bonds is 11. The summed E-state index contributed by atoms with van der Waals surface area (Å²) in [5.74, 6) is 2.49. The molecule has 1 N–H and O–H groups in total. The number of benzene rings is 2. The van der Waals surface area contributed by atoms with Gasteiger partial charge in [-0.2, -0.15) is 0 Å². The van der Waals surface area contributed by atoms with Gasteiger partial charge in [0.1, 0.15) is 29.4 Å². The Morgan fingerprint density at radius 3 is 2.78 bits per heavy atom. The van der Waals surface area contributed by atoms with E-state index in [0.717, 1.165) is 85.3 Å². The second-order valence-corrected chi connectivity index (χ2v) is 8.91. The number of pyridine rings is 1. The normalized spacial score (nSPS) is 13.8. The summed E-state index contributed by atoms with van der Waals surface area (Å²) < 4.78 is 23.9. The van der Waals surface area contributed by atoms with E-state index in [1.165, 1.54) is 5.56 Å². The molecule has 0 atom stereocenters. The molecular formula is C29H33N3O4. The number of aromatic nitrogens is 1. The summed E-state index contributed by atoms with van der Waals surface area (Å²) in [5, 5.41) is 4.45. The fourth-order valence-electron chi connectivity index (χ4n) is 4.43. The average Bonchev–Trinajstić information content (AvgIpc) is 3.26. The lowest BCUT2D eigenvalue weighted by Gasteiger charge is -2.29. The number of fused-ring (bicyclic) bond motifs is 1. The molecule has 2 aromatic carbocycles. The van der Waals surface area contributed by atoms with Crippen molar-refractivity contribution in [2.75, 3.05) is 44.4 Å². The molecule has 1 aliphatic heterocycles. The van der Waals surface area contributed by atoms with Gasteiger partial charge in [-0.25, -0.2) is 0 Å². The molecule has 2 aromatic heterocycles. The van der Waals surface area contributed by atoms with Crippen LogP contribution in [0.15, 0.2) is 71.4 Å². The number of anilines is 1. The van der Waals surface area contributed by atoms with E-state index in [9.17, 15) is 0 Å². The van der Waals surface area contributed by atoms with Gasteiger partial charge in [0.15, 0.2) is 0 Å². The maximum absolute atomic E-state index is 6.15. The molecule has 5 rings (SSSR count). The zero-order valence-corrected chi connectivity index (χ0v) is 20.7. The molecule has 4 aromatic rings. The Kier molecular flexibility index (Phi) is 8.00. The largest absolute Gasteiger partial charge is 0.493 e. The summed E-state index contributed by atoms with van der Waals surface area (Å²) in [4.78, 5) is 6.46. The van der Waals surface area contributed by atoms with Crippen molar-refractivity contribution in [2.45, 2.75) is 26.5 Å². The second-order valence-electron chi connectivity index (χ2n) is 8.91. The van der Waals surface area contributed by atoms with Gasteiger partial charge in [-0.15, -0.1) is 0 Å². The number of morpholine rings is 1. The number of hydrogen-bond donors (Lipinski definition) is 1. The van der Waals surface area contributed by atoms with Crippen molar-refractivity contribution in [3.8, 4) is 11.5 Å². The van der Waals surface area contributed by atoms with Crippen LogP contribution >= 0.6 is 0 Å². The van der Waals surface area contributed by atoms with Crippen molar-refractivity contribution in [1.82, 2.24) is 10.3 Å². The topological polar surface area (TPSA) is 69.0 Å². The first kappa shape index (κ1) is 24.2. The zero-order chi connectivity index (χ0) is 24.6. The quantitative estimate of drug-likeness (QED) is 0.295. The average molecular weight is 488 g/mol. The van der Waals surface area contributed by atoms with Crippen molar-refractivity contribution in [1.29, 1.82) is 0 Å². The summed E-state index contributed by atoms with van der Waals surface area (Å²) in [6.07, 6.45) is 4.58. The molecule has 3 heterocycles. The maximum Gasteiger partial charge on any atom is 0.146 e. The number of nitrogens with one attached hydrogen (secondary N) is 1. The van der Waals surface area contributed by atoms with Crippen LogP contribution in [0.5, 0.6) is 11.5 Å². The van der Waals surface area contributed by atoms with Crippen molar-refractivity contribution in [3.63, 3.8) is 0 Å². The summed E-state index contributed by atoms with van der Waals surface area (Å²) in [6.45, 7) is 8.06. The Balaban J connectivity index is 1.16. The van der Waals surface area contributed by atoms with Gasteiger partial charge in [-0.05, 0) is 55.8 Å². The molecule has 1 aliphatic rings. The number of furan rings is 1. The molecule has 0 radical (unpaired) electrons. The Morgan fingerprint density at radius 1 is 1.03 bits per heavy atom. The Morgan fingerprint density at radius 2 is 1.92 bits per heavy atom. The highest BCUT2D eigenvalue weighted by Crippen LogP contribution is 2.34. The van der Waals surface area contributed by atoms with E-state index in [1.807, 2.05) is 42.6 Å². The lowest BCUT2D eigenvalue weighted by Crippen LogP contribution is -2.36. The van der Waals surface area contributed by atoms with Crippen molar-refractivity contribution >= 4 is 16.7 Å². The number of aryl methyl sites for hydroxylation is 1. The minimum Gasteiger partial charge on any atom is -0.493 e. The van der Waals surface area contributed by atoms with Crippen LogP contribution in [-0.2, 0) is 17.9 Å². The van der Waals surface area contributed by atoms with Crippen molar-refractivity contribution in [2.24, 2.45) is 0 Å². The molecule has 0 unspecified atom stereocenters. The lowest BCUT2D eigenvalue weighted by molar-refractivity contribution is 0.122. The molecule has 0 aliphatic carbocycles. The molecule has 0 saturated carbocycles. The second kappa shape index (κ2) is 11.9. The molecule has 0 amide bonds. The van der Waals surface area contributed by atoms with Crippen LogP contribution in [0.3, 0.4) is 0 Å². The monoisotopic (exact) mass is 487 g/mol. The Labute approximate surface area is 212 Å². The van der Waals surface area contributed by atoms with Crippen LogP contribution in [0.25, 0.3) is 11.0 Å². The molecular weight excluding hydrogens is 454 g/mol. The molecule has 7 nitrogen and oxygen atoms in total. The van der Waals surface area contributed by atoms with E-state index in [0.29, 0.717) is 13.2 Å². The molecule has 1 saturated heterocycles. The van der Waals surface area contributed by atoms with Crippen molar-refractivity contribution in [3.05, 3.63) is 83.9 Å². The predicted octanol–water partition coefficient (Wildman–Crippen LogP) is 5.11. The number of ether oxygens (including phenoxy) is 3. The Hall–Kier alpha value is -3.55. The first-order valence-corrected chi connectivity index (χ1v) is 12.6. The minimum absolute atomic E-state index is 0.366. The molecule has 1 fully saturated rings. The molecule has 7 heteroatoms. The van der Waals surface area contributed by atoms with Crippen LogP contribution in [-0.4, -0.2) is 44.4 Å². The van der Waals surface area contributed by atoms with E-state index < -0.39 is 0 Å². The summed E-state index contributed by atoms with van der Waals surface area (Å²) >= 11 is 0. The van der Waals surface area contributed by atoms with Gasteiger partial charge in [0.25, 0.3) is 0 Å². The van der Waals surface area contributed by atoms with E-state index in [4.69, 9.17) is 18.6 Å². The van der Waals surface area contributed by atoms with Crippen LogP contribution in [0.2, 0.25) is 0 Å². The van der Waals surface area contributed by atoms with Crippen LogP contribution in [0.1, 0.15) is 23.3 Å². The van der Waals surface area contributed by atoms with Crippen LogP contribution < -0.4 is 19.7 Å². The zero-order valence-electron chi connectivity index (χ0n) is 20.7. The van der Waals surface area contributed by atoms with Gasteiger partial charge in [0, 0.05) is 49.3 Å². The fourth-order valence-corrected chi connectivity index (χ4v) is 4.43. The third-order valence-electron chi connectivity index (χ3n) is 6.39. The van der Waals surface area contributed by atoms with Gasteiger partial charge in [0.05, 0.1) is 25.2 Å². The van der Waals surface area contributed by atoms with Crippen LogP contribution in [0.4, 0.5) is 5.69 Å². The van der Waals surface area contributed by atoms with E-state index in [1.54, 1.807) is 6.20 Å². The highest BCUT2D eigenvalue weighted by atomic mass is 16.5. The van der Waals surface area contributed by atoms with Gasteiger partial charge in [-0.3, -0.25) is 4.98 Å². The third kappa shape index (κ3) is 5.98. The first-order valence-electron chi connectivity index (χ1n) is 12.6. The van der Waals surface area contributed by atoms with Gasteiger partial charge in [0.2, 0.25) is 0 Å². The molecule has 36 heavy (non-hydrogen) atoms. The van der Waals surface area contributed by atoms with E-state index in [-0.39, 0.29) is 0 Å². The SMILES string of the molecule is Cc1c(COc2cccc(N3CCOCC3)c2)oc2cccc(OCCCNCc3cccnc3)c12. The summed E-state index contributed by atoms with van der Waals surface area (Å²) in [7, 11) is 0. The lowest BCUT2D eigenvalue weighted by atomic mass is 10.1. The summed E-state index contributed by atoms with van der Waals surface area (Å²) in [5.41, 5.74) is 4.21. The molecule has 0 bridgehead atoms. The summed E-state index contributed by atoms with van der Waals surface area (Å²) in [6, 6.07) is 18.2. The highest BCUT2D eigenvalue weighted by Gasteiger charge is 2.16. The minimum atomic E-state index is 0.366. The first-order chi connectivity index (χ1) is 17.8. The van der Waals surface area contributed by atoms with E-state index >= 15 is 0 Å². The van der Waals surface area contributed by atoms with Gasteiger partial charge in [-0.1, -0.05) is 18.2 Å². The van der Waals surface area contributed by atoms with Gasteiger partial charge >= 0.3 is 0 Å². The molecule has 0 spiro atoms. The predicted molar refractivity (Wildman–Crippen MR) is 141 cm³/mol. The third-order valence-corrected chi connectivity index (χ3v) is 6.39. The Bertz CT molecular complexity index is 1250. The fraction of sp³-hybridized carbons (Fsp3) is 0.345.